The Labute approximate surface area is 376 Å². The molecule has 0 bridgehead atoms. The Hall–Kier alpha value is -8.66. The van der Waals surface area contributed by atoms with Gasteiger partial charge < -0.3 is 14.0 Å². The number of hydrogen-bond donors (Lipinski definition) is 0. The maximum absolute atomic E-state index is 2.44. The van der Waals surface area contributed by atoms with E-state index in [-0.39, 0.29) is 0 Å². The minimum absolute atomic E-state index is 1.10. The summed E-state index contributed by atoms with van der Waals surface area (Å²) < 4.78 is 4.80. The van der Waals surface area contributed by atoms with Gasteiger partial charge in [-0.1, -0.05) is 176 Å². The Morgan fingerprint density at radius 1 is 0.262 bits per heavy atom. The lowest BCUT2D eigenvalue weighted by atomic mass is 9.98. The van der Waals surface area contributed by atoms with Gasteiger partial charge in [-0.05, 0) is 100 Å². The van der Waals surface area contributed by atoms with Crippen molar-refractivity contribution in [3.8, 4) is 33.6 Å². The van der Waals surface area contributed by atoms with Crippen molar-refractivity contribution in [2.24, 2.45) is 0 Å². The molecule has 0 saturated carbocycles. The number of aromatic nitrogens is 2. The van der Waals surface area contributed by atoms with E-state index in [1.54, 1.807) is 0 Å². The second kappa shape index (κ2) is 15.0. The number of rotatable bonds is 7. The van der Waals surface area contributed by atoms with Gasteiger partial charge in [-0.25, -0.2) is 0 Å². The monoisotopic (exact) mass is 827 g/mol. The van der Waals surface area contributed by atoms with Crippen LogP contribution in [-0.4, -0.2) is 9.13 Å². The van der Waals surface area contributed by atoms with Crippen LogP contribution >= 0.6 is 0 Å². The molecule has 3 nitrogen and oxygen atoms in total. The largest absolute Gasteiger partial charge is 0.309 e. The highest BCUT2D eigenvalue weighted by Crippen LogP contribution is 2.45. The van der Waals surface area contributed by atoms with E-state index in [0.717, 1.165) is 22.7 Å². The summed E-state index contributed by atoms with van der Waals surface area (Å²) in [6, 6.07) is 90.7. The Morgan fingerprint density at radius 3 is 1.40 bits per heavy atom. The third-order valence-corrected chi connectivity index (χ3v) is 13.3. The van der Waals surface area contributed by atoms with E-state index < -0.39 is 0 Å². The maximum atomic E-state index is 2.44. The molecule has 0 saturated heterocycles. The molecule has 2 aromatic heterocycles. The average Bonchev–Trinajstić information content (AvgIpc) is 3.90. The molecule has 11 aromatic carbocycles. The van der Waals surface area contributed by atoms with Gasteiger partial charge in [0.25, 0.3) is 0 Å². The number of benzene rings is 11. The van der Waals surface area contributed by atoms with Gasteiger partial charge in [0.1, 0.15) is 0 Å². The summed E-state index contributed by atoms with van der Waals surface area (Å²) in [7, 11) is 0. The number of nitrogens with zero attached hydrogens (tertiary/aromatic N) is 3. The third-order valence-electron chi connectivity index (χ3n) is 13.3. The van der Waals surface area contributed by atoms with Crippen molar-refractivity contribution in [3.05, 3.63) is 249 Å². The molecule has 304 valence electrons. The smallest absolute Gasteiger partial charge is 0.0542 e. The van der Waals surface area contributed by atoms with E-state index in [1.807, 2.05) is 0 Å². The lowest BCUT2D eigenvalue weighted by Crippen LogP contribution is -2.11. The minimum Gasteiger partial charge on any atom is -0.309 e. The number of hydrogen-bond acceptors (Lipinski definition) is 1. The van der Waals surface area contributed by atoms with Crippen LogP contribution in [-0.2, 0) is 0 Å². The number of para-hydroxylation sites is 4. The zero-order valence-electron chi connectivity index (χ0n) is 35.5. The van der Waals surface area contributed by atoms with Gasteiger partial charge in [0.05, 0.1) is 39.1 Å². The molecule has 0 aliphatic rings. The van der Waals surface area contributed by atoms with Gasteiger partial charge in [0.15, 0.2) is 0 Å². The van der Waals surface area contributed by atoms with Crippen molar-refractivity contribution in [1.82, 2.24) is 9.13 Å². The summed E-state index contributed by atoms with van der Waals surface area (Å²) in [6.07, 6.45) is 0. The van der Waals surface area contributed by atoms with Crippen LogP contribution < -0.4 is 4.90 Å². The zero-order valence-corrected chi connectivity index (χ0v) is 35.5. The number of fused-ring (bicyclic) bond motifs is 8. The fourth-order valence-electron chi connectivity index (χ4n) is 10.3. The molecule has 0 spiro atoms. The minimum atomic E-state index is 1.10. The van der Waals surface area contributed by atoms with E-state index in [9.17, 15) is 0 Å². The van der Waals surface area contributed by atoms with E-state index in [0.29, 0.717) is 0 Å². The maximum Gasteiger partial charge on any atom is 0.0542 e. The second-order valence-electron chi connectivity index (χ2n) is 16.9. The fourth-order valence-corrected chi connectivity index (χ4v) is 10.3. The number of anilines is 3. The summed E-state index contributed by atoms with van der Waals surface area (Å²) in [4.78, 5) is 2.44. The van der Waals surface area contributed by atoms with Crippen LogP contribution in [0.2, 0.25) is 0 Å². The van der Waals surface area contributed by atoms with Crippen LogP contribution in [0.25, 0.3) is 98.8 Å². The summed E-state index contributed by atoms with van der Waals surface area (Å²) >= 11 is 0. The summed E-state index contributed by atoms with van der Waals surface area (Å²) in [5, 5.41) is 9.82. The molecular weight excluding hydrogens is 787 g/mol. The Morgan fingerprint density at radius 2 is 0.723 bits per heavy atom. The first kappa shape index (κ1) is 36.9. The molecule has 13 aromatic rings. The SMILES string of the molecule is c1ccc(-n2c3ccccc3c3cc(-c4ccc(-c5ccc(N(c6cccc7ccccc67)c6ccc(-n7c8ccccc8c8ccccc87)c7ccccc67)cc5)cc4)ccc32)cc1. The molecule has 0 radical (unpaired) electrons. The van der Waals surface area contributed by atoms with Crippen molar-refractivity contribution in [2.45, 2.75) is 0 Å². The van der Waals surface area contributed by atoms with E-state index in [1.165, 1.54) is 93.1 Å². The molecule has 13 rings (SSSR count). The first-order valence-electron chi connectivity index (χ1n) is 22.3. The van der Waals surface area contributed by atoms with Crippen molar-refractivity contribution in [1.29, 1.82) is 0 Å². The van der Waals surface area contributed by atoms with Crippen LogP contribution in [0.5, 0.6) is 0 Å². The Bertz CT molecular complexity index is 3870. The standard InChI is InChI=1S/C62H41N3/c1-2-17-47(18-3-1)63-57-25-11-10-24-54(57)55-41-46(35-38-62(55)63)44-31-29-42(30-32-44)43-33-36-48(37-34-43)64(56-28-14-16-45-15-4-5-19-49(45)56)60-39-40-61(53-21-7-6-20-52(53)60)65-58-26-12-8-22-50(58)51-23-9-13-27-59(51)65/h1-41H. The van der Waals surface area contributed by atoms with E-state index >= 15 is 0 Å². The summed E-state index contributed by atoms with van der Waals surface area (Å²) in [6.45, 7) is 0. The predicted molar refractivity (Wildman–Crippen MR) is 276 cm³/mol. The van der Waals surface area contributed by atoms with Crippen molar-refractivity contribution < 1.29 is 0 Å². The predicted octanol–water partition coefficient (Wildman–Crippen LogP) is 17.0. The van der Waals surface area contributed by atoms with Crippen LogP contribution in [0.3, 0.4) is 0 Å². The van der Waals surface area contributed by atoms with Crippen LogP contribution in [0.15, 0.2) is 249 Å². The van der Waals surface area contributed by atoms with Crippen molar-refractivity contribution in [3.63, 3.8) is 0 Å². The molecule has 3 heteroatoms. The Kier molecular flexibility index (Phi) is 8.53. The first-order valence-corrected chi connectivity index (χ1v) is 22.3. The van der Waals surface area contributed by atoms with Crippen LogP contribution in [0.4, 0.5) is 17.1 Å². The summed E-state index contributed by atoms with van der Waals surface area (Å²) in [5.74, 6) is 0. The molecule has 0 fully saturated rings. The molecule has 2 heterocycles. The molecule has 65 heavy (non-hydrogen) atoms. The highest BCUT2D eigenvalue weighted by Gasteiger charge is 2.21. The third kappa shape index (κ3) is 5.97. The van der Waals surface area contributed by atoms with Gasteiger partial charge in [-0.15, -0.1) is 0 Å². The summed E-state index contributed by atoms with van der Waals surface area (Å²) in [5.41, 5.74) is 15.3. The van der Waals surface area contributed by atoms with E-state index in [4.69, 9.17) is 0 Å². The first-order chi connectivity index (χ1) is 32.3. The molecule has 0 N–H and O–H groups in total. The lowest BCUT2D eigenvalue weighted by Gasteiger charge is -2.29. The van der Waals surface area contributed by atoms with Gasteiger partial charge >= 0.3 is 0 Å². The van der Waals surface area contributed by atoms with Gasteiger partial charge in [0.2, 0.25) is 0 Å². The lowest BCUT2D eigenvalue weighted by molar-refractivity contribution is 1.18. The highest BCUT2D eigenvalue weighted by molar-refractivity contribution is 6.13. The zero-order chi connectivity index (χ0) is 42.8. The van der Waals surface area contributed by atoms with E-state index in [2.05, 4.69) is 263 Å². The van der Waals surface area contributed by atoms with Gasteiger partial charge in [-0.3, -0.25) is 0 Å². The molecular formula is C62H41N3. The second-order valence-corrected chi connectivity index (χ2v) is 16.9. The molecule has 0 unspecified atom stereocenters. The normalized spacial score (nSPS) is 11.7. The molecule has 0 amide bonds. The topological polar surface area (TPSA) is 13.1 Å². The van der Waals surface area contributed by atoms with Crippen molar-refractivity contribution >= 4 is 82.2 Å². The van der Waals surface area contributed by atoms with Gasteiger partial charge in [0, 0.05) is 49.1 Å². The van der Waals surface area contributed by atoms with Gasteiger partial charge in [-0.2, -0.15) is 0 Å². The van der Waals surface area contributed by atoms with Crippen LogP contribution in [0.1, 0.15) is 0 Å². The fraction of sp³-hybridized carbons (Fsp3) is 0. The quantitative estimate of drug-likeness (QED) is 0.156. The average molecular weight is 828 g/mol. The molecule has 0 atom stereocenters. The van der Waals surface area contributed by atoms with Crippen molar-refractivity contribution in [2.75, 3.05) is 4.90 Å². The highest BCUT2D eigenvalue weighted by atomic mass is 15.1. The molecule has 0 aliphatic heterocycles. The van der Waals surface area contributed by atoms with Crippen LogP contribution in [0, 0.1) is 0 Å². The molecule has 0 aliphatic carbocycles. The Balaban J connectivity index is 0.899.